The predicted molar refractivity (Wildman–Crippen MR) is 83.3 cm³/mol. The molecule has 1 fully saturated rings. The van der Waals surface area contributed by atoms with Crippen LogP contribution < -0.4 is 5.73 Å². The summed E-state index contributed by atoms with van der Waals surface area (Å²) in [5.41, 5.74) is 7.93. The minimum Gasteiger partial charge on any atom is -0.338 e. The third-order valence-electron chi connectivity index (χ3n) is 4.87. The highest BCUT2D eigenvalue weighted by Gasteiger charge is 2.32. The average Bonchev–Trinajstić information content (AvgIpc) is 2.62. The SMILES string of the molecule is CC(C)(C)C1=CCN(C(=O)C2CCCCCC2N)CC1. The molecule has 20 heavy (non-hydrogen) atoms. The quantitative estimate of drug-likeness (QED) is 0.592. The third-order valence-corrected chi connectivity index (χ3v) is 4.87. The number of nitrogens with two attached hydrogens (primary N) is 1. The van der Waals surface area contributed by atoms with Crippen molar-refractivity contribution < 1.29 is 4.79 Å². The van der Waals surface area contributed by atoms with Gasteiger partial charge in [-0.25, -0.2) is 0 Å². The van der Waals surface area contributed by atoms with Crippen LogP contribution in [0, 0.1) is 11.3 Å². The van der Waals surface area contributed by atoms with E-state index in [1.54, 1.807) is 0 Å². The summed E-state index contributed by atoms with van der Waals surface area (Å²) in [6.07, 6.45) is 8.81. The van der Waals surface area contributed by atoms with Gasteiger partial charge in [-0.1, -0.05) is 51.7 Å². The Morgan fingerprint density at radius 1 is 1.25 bits per heavy atom. The van der Waals surface area contributed by atoms with Crippen LogP contribution in [0.25, 0.3) is 0 Å². The second kappa shape index (κ2) is 6.30. The van der Waals surface area contributed by atoms with E-state index in [1.807, 2.05) is 4.90 Å². The Hall–Kier alpha value is -0.830. The minimum absolute atomic E-state index is 0.0575. The summed E-state index contributed by atoms with van der Waals surface area (Å²) in [4.78, 5) is 14.7. The molecule has 2 N–H and O–H groups in total. The van der Waals surface area contributed by atoms with Crippen molar-refractivity contribution >= 4 is 5.91 Å². The molecule has 114 valence electrons. The van der Waals surface area contributed by atoms with Gasteiger partial charge in [0.05, 0.1) is 5.92 Å². The second-order valence-corrected chi connectivity index (χ2v) is 7.42. The predicted octanol–water partition coefficient (Wildman–Crippen LogP) is 3.10. The number of hydrogen-bond acceptors (Lipinski definition) is 2. The van der Waals surface area contributed by atoms with Gasteiger partial charge >= 0.3 is 0 Å². The normalized spacial score (nSPS) is 28.8. The fraction of sp³-hybridized carbons (Fsp3) is 0.824. The first-order chi connectivity index (χ1) is 9.39. The van der Waals surface area contributed by atoms with Gasteiger partial charge in [0.15, 0.2) is 0 Å². The molecule has 0 aromatic rings. The molecule has 2 aliphatic rings. The van der Waals surface area contributed by atoms with Gasteiger partial charge in [-0.2, -0.15) is 0 Å². The van der Waals surface area contributed by atoms with Gasteiger partial charge in [-0.15, -0.1) is 0 Å². The maximum Gasteiger partial charge on any atom is 0.227 e. The Morgan fingerprint density at radius 3 is 2.55 bits per heavy atom. The molecule has 2 unspecified atom stereocenters. The first-order valence-corrected chi connectivity index (χ1v) is 8.13. The molecule has 0 saturated heterocycles. The van der Waals surface area contributed by atoms with Gasteiger partial charge in [0.2, 0.25) is 5.91 Å². The van der Waals surface area contributed by atoms with E-state index in [9.17, 15) is 4.79 Å². The second-order valence-electron chi connectivity index (χ2n) is 7.42. The monoisotopic (exact) mass is 278 g/mol. The molecule has 0 aromatic heterocycles. The van der Waals surface area contributed by atoms with Crippen molar-refractivity contribution in [2.75, 3.05) is 13.1 Å². The van der Waals surface area contributed by atoms with Crippen molar-refractivity contribution in [2.45, 2.75) is 65.3 Å². The van der Waals surface area contributed by atoms with Crippen LogP contribution >= 0.6 is 0 Å². The molecule has 3 nitrogen and oxygen atoms in total. The molecule has 3 heteroatoms. The molecule has 0 radical (unpaired) electrons. The van der Waals surface area contributed by atoms with Crippen molar-refractivity contribution in [3.63, 3.8) is 0 Å². The number of carbonyl (C=O) groups excluding carboxylic acids is 1. The van der Waals surface area contributed by atoms with E-state index in [2.05, 4.69) is 26.8 Å². The van der Waals surface area contributed by atoms with E-state index in [0.717, 1.165) is 38.8 Å². The Bertz CT molecular complexity index is 381. The first kappa shape index (κ1) is 15.6. The highest BCUT2D eigenvalue weighted by Crippen LogP contribution is 2.31. The molecular weight excluding hydrogens is 248 g/mol. The minimum atomic E-state index is 0.0575. The number of carbonyl (C=O) groups is 1. The summed E-state index contributed by atoms with van der Waals surface area (Å²) in [5.74, 6) is 0.352. The standard InChI is InChI=1S/C17H30N2O/c1-17(2,3)13-9-11-19(12-10-13)16(20)14-7-5-4-6-8-15(14)18/h9,14-15H,4-8,10-12,18H2,1-3H3. The van der Waals surface area contributed by atoms with E-state index in [4.69, 9.17) is 5.73 Å². The molecule has 2 rings (SSSR count). The van der Waals surface area contributed by atoms with Crippen molar-refractivity contribution in [3.8, 4) is 0 Å². The van der Waals surface area contributed by atoms with Crippen LogP contribution in [0.15, 0.2) is 11.6 Å². The maximum absolute atomic E-state index is 12.7. The lowest BCUT2D eigenvalue weighted by atomic mass is 9.82. The highest BCUT2D eigenvalue weighted by atomic mass is 16.2. The number of rotatable bonds is 1. The van der Waals surface area contributed by atoms with Crippen molar-refractivity contribution in [3.05, 3.63) is 11.6 Å². The lowest BCUT2D eigenvalue weighted by Gasteiger charge is -2.35. The van der Waals surface area contributed by atoms with E-state index in [1.165, 1.54) is 18.4 Å². The summed E-state index contributed by atoms with van der Waals surface area (Å²) >= 11 is 0. The summed E-state index contributed by atoms with van der Waals surface area (Å²) in [7, 11) is 0. The van der Waals surface area contributed by atoms with Crippen molar-refractivity contribution in [1.82, 2.24) is 4.90 Å². The Kier molecular flexibility index (Phi) is 4.90. The van der Waals surface area contributed by atoms with Crippen LogP contribution in [-0.2, 0) is 4.79 Å². The van der Waals surface area contributed by atoms with Crippen LogP contribution in [0.2, 0.25) is 0 Å². The smallest absolute Gasteiger partial charge is 0.227 e. The molecule has 1 amide bonds. The molecule has 1 aliphatic carbocycles. The van der Waals surface area contributed by atoms with Crippen LogP contribution in [0.5, 0.6) is 0 Å². The van der Waals surface area contributed by atoms with Crippen LogP contribution in [0.3, 0.4) is 0 Å². The lowest BCUT2D eigenvalue weighted by molar-refractivity contribution is -0.136. The molecule has 2 atom stereocenters. The van der Waals surface area contributed by atoms with Crippen molar-refractivity contribution in [2.24, 2.45) is 17.1 Å². The summed E-state index contributed by atoms with van der Waals surface area (Å²) in [6, 6.07) is 0.0676. The van der Waals surface area contributed by atoms with Gasteiger partial charge in [-0.05, 0) is 24.7 Å². The van der Waals surface area contributed by atoms with E-state index < -0.39 is 0 Å². The Morgan fingerprint density at radius 2 is 1.95 bits per heavy atom. The van der Waals surface area contributed by atoms with Crippen LogP contribution in [-0.4, -0.2) is 29.9 Å². The van der Waals surface area contributed by atoms with E-state index in [0.29, 0.717) is 5.91 Å². The van der Waals surface area contributed by atoms with Gasteiger partial charge in [0, 0.05) is 19.1 Å². The topological polar surface area (TPSA) is 46.3 Å². The number of hydrogen-bond donors (Lipinski definition) is 1. The maximum atomic E-state index is 12.7. The number of nitrogens with zero attached hydrogens (tertiary/aromatic N) is 1. The zero-order valence-electron chi connectivity index (χ0n) is 13.3. The highest BCUT2D eigenvalue weighted by molar-refractivity contribution is 5.80. The first-order valence-electron chi connectivity index (χ1n) is 8.13. The van der Waals surface area contributed by atoms with Crippen molar-refractivity contribution in [1.29, 1.82) is 0 Å². The summed E-state index contributed by atoms with van der Waals surface area (Å²) in [6.45, 7) is 8.38. The summed E-state index contributed by atoms with van der Waals surface area (Å²) in [5, 5.41) is 0. The van der Waals surface area contributed by atoms with E-state index >= 15 is 0 Å². The van der Waals surface area contributed by atoms with Crippen LogP contribution in [0.1, 0.15) is 59.3 Å². The molecule has 1 heterocycles. The molecule has 1 saturated carbocycles. The summed E-state index contributed by atoms with van der Waals surface area (Å²) < 4.78 is 0. The molecular formula is C17H30N2O. The Balaban J connectivity index is 1.99. The van der Waals surface area contributed by atoms with Gasteiger partial charge in [0.1, 0.15) is 0 Å². The van der Waals surface area contributed by atoms with Gasteiger partial charge in [0.25, 0.3) is 0 Å². The van der Waals surface area contributed by atoms with Crippen LogP contribution in [0.4, 0.5) is 0 Å². The van der Waals surface area contributed by atoms with E-state index in [-0.39, 0.29) is 17.4 Å². The third kappa shape index (κ3) is 3.63. The zero-order valence-corrected chi connectivity index (χ0v) is 13.3. The molecule has 1 aliphatic heterocycles. The fourth-order valence-corrected chi connectivity index (χ4v) is 3.43. The van der Waals surface area contributed by atoms with Gasteiger partial charge < -0.3 is 10.6 Å². The molecule has 0 spiro atoms. The average molecular weight is 278 g/mol. The fourth-order valence-electron chi connectivity index (χ4n) is 3.43. The Labute approximate surface area is 123 Å². The zero-order chi connectivity index (χ0) is 14.8. The lowest BCUT2D eigenvalue weighted by Crippen LogP contribution is -2.45. The molecule has 0 aromatic carbocycles. The molecule has 0 bridgehead atoms. The number of amides is 1. The largest absolute Gasteiger partial charge is 0.338 e. The van der Waals surface area contributed by atoms with Gasteiger partial charge in [-0.3, -0.25) is 4.79 Å².